The monoisotopic (exact) mass is 361 g/mol. The van der Waals surface area contributed by atoms with Crippen LogP contribution in [0.2, 0.25) is 5.02 Å². The van der Waals surface area contributed by atoms with E-state index in [2.05, 4.69) is 26.2 Å². The van der Waals surface area contributed by atoms with Crippen molar-refractivity contribution in [2.24, 2.45) is 0 Å². The van der Waals surface area contributed by atoms with Crippen LogP contribution in [0.1, 0.15) is 13.0 Å². The lowest BCUT2D eigenvalue weighted by Crippen LogP contribution is -2.13. The lowest BCUT2D eigenvalue weighted by atomic mass is 10.3. The molecule has 0 fully saturated rings. The minimum atomic E-state index is -0.400. The third-order valence-corrected chi connectivity index (χ3v) is 3.72. The van der Waals surface area contributed by atoms with Crippen LogP contribution in [0, 0.1) is 5.82 Å². The molecule has 0 saturated heterocycles. The highest BCUT2D eigenvalue weighted by molar-refractivity contribution is 9.10. The van der Waals surface area contributed by atoms with E-state index in [-0.39, 0.29) is 11.1 Å². The van der Waals surface area contributed by atoms with Crippen LogP contribution in [0.15, 0.2) is 29.0 Å². The zero-order valence-electron chi connectivity index (χ0n) is 11.0. The number of rotatable bonds is 5. The molecule has 2 rings (SSSR count). The zero-order chi connectivity index (χ0) is 14.7. The van der Waals surface area contributed by atoms with Gasteiger partial charge in [-0.05, 0) is 35.0 Å². The highest BCUT2D eigenvalue weighted by Gasteiger charge is 2.14. The van der Waals surface area contributed by atoms with Crippen LogP contribution in [-0.4, -0.2) is 23.3 Å². The van der Waals surface area contributed by atoms with E-state index in [0.29, 0.717) is 22.7 Å². The number of nitrogens with zero attached hydrogens (tertiary/aromatic N) is 2. The lowest BCUT2D eigenvalue weighted by Gasteiger charge is -2.17. The molecule has 0 radical (unpaired) electrons. The molecule has 2 aromatic rings. The fourth-order valence-corrected chi connectivity index (χ4v) is 2.76. The molecule has 1 N–H and O–H groups in total. The Hall–Kier alpha value is -1.11. The summed E-state index contributed by atoms with van der Waals surface area (Å²) in [5, 5.41) is 3.39. The maximum atomic E-state index is 13.2. The van der Waals surface area contributed by atoms with Crippen molar-refractivity contribution < 1.29 is 9.13 Å². The largest absolute Gasteiger partial charge is 0.383 e. The number of aromatic nitrogens is 2. The standard InChI is InChI=1S/C13H14BrClFN3O/c1-8(7-20-2)19-4-3-17-13(19)18-12-10(14)5-9(16)6-11(12)15/h3-6,8H,7H2,1-2H3,(H,17,18). The van der Waals surface area contributed by atoms with E-state index in [4.69, 9.17) is 16.3 Å². The van der Waals surface area contributed by atoms with E-state index < -0.39 is 5.82 Å². The number of hydrogen-bond donors (Lipinski definition) is 1. The molecular weight excluding hydrogens is 349 g/mol. The predicted octanol–water partition coefficient (Wildman–Crippen LogP) is 4.39. The smallest absolute Gasteiger partial charge is 0.207 e. The van der Waals surface area contributed by atoms with Gasteiger partial charge in [-0.15, -0.1) is 0 Å². The Labute approximate surface area is 130 Å². The number of methoxy groups -OCH3 is 1. The van der Waals surface area contributed by atoms with Gasteiger partial charge in [0.1, 0.15) is 5.82 Å². The zero-order valence-corrected chi connectivity index (χ0v) is 13.4. The van der Waals surface area contributed by atoms with Crippen molar-refractivity contribution in [1.29, 1.82) is 0 Å². The molecule has 1 aromatic heterocycles. The van der Waals surface area contributed by atoms with E-state index in [0.717, 1.165) is 0 Å². The maximum absolute atomic E-state index is 13.2. The van der Waals surface area contributed by atoms with Crippen molar-refractivity contribution in [2.45, 2.75) is 13.0 Å². The average molecular weight is 363 g/mol. The van der Waals surface area contributed by atoms with Gasteiger partial charge in [0, 0.05) is 24.0 Å². The second-order valence-electron chi connectivity index (χ2n) is 4.33. The molecule has 1 atom stereocenters. The van der Waals surface area contributed by atoms with Crippen molar-refractivity contribution in [2.75, 3.05) is 19.0 Å². The van der Waals surface area contributed by atoms with Gasteiger partial charge in [-0.3, -0.25) is 0 Å². The molecule has 0 aliphatic heterocycles. The third kappa shape index (κ3) is 3.31. The van der Waals surface area contributed by atoms with Gasteiger partial charge < -0.3 is 14.6 Å². The topological polar surface area (TPSA) is 39.1 Å². The van der Waals surface area contributed by atoms with Crippen LogP contribution >= 0.6 is 27.5 Å². The van der Waals surface area contributed by atoms with Gasteiger partial charge in [0.25, 0.3) is 0 Å². The van der Waals surface area contributed by atoms with E-state index in [1.165, 1.54) is 12.1 Å². The Kier molecular flexibility index (Phi) is 5.01. The third-order valence-electron chi connectivity index (χ3n) is 2.80. The highest BCUT2D eigenvalue weighted by Crippen LogP contribution is 2.34. The molecule has 7 heteroatoms. The summed E-state index contributed by atoms with van der Waals surface area (Å²) in [7, 11) is 1.65. The quantitative estimate of drug-likeness (QED) is 0.857. The average Bonchev–Trinajstić information content (AvgIpc) is 2.82. The van der Waals surface area contributed by atoms with Crippen LogP contribution in [-0.2, 0) is 4.74 Å². The van der Waals surface area contributed by atoms with E-state index in [1.807, 2.05) is 17.7 Å². The number of halogens is 3. The first-order valence-corrected chi connectivity index (χ1v) is 7.13. The molecule has 4 nitrogen and oxygen atoms in total. The van der Waals surface area contributed by atoms with E-state index in [9.17, 15) is 4.39 Å². The SMILES string of the molecule is COCC(C)n1ccnc1Nc1c(Cl)cc(F)cc1Br. The van der Waals surface area contributed by atoms with Crippen LogP contribution in [0.3, 0.4) is 0 Å². The number of ether oxygens (including phenoxy) is 1. The summed E-state index contributed by atoms with van der Waals surface area (Å²) in [4.78, 5) is 4.24. The predicted molar refractivity (Wildman–Crippen MR) is 81.2 cm³/mol. The Balaban J connectivity index is 2.30. The molecule has 1 unspecified atom stereocenters. The number of imidazole rings is 1. The van der Waals surface area contributed by atoms with Crippen molar-refractivity contribution in [3.63, 3.8) is 0 Å². The minimum Gasteiger partial charge on any atom is -0.383 e. The van der Waals surface area contributed by atoms with Gasteiger partial charge in [0.15, 0.2) is 0 Å². The Morgan fingerprint density at radius 2 is 2.30 bits per heavy atom. The molecule has 0 saturated carbocycles. The number of anilines is 2. The first-order valence-electron chi connectivity index (χ1n) is 5.96. The molecule has 0 aliphatic rings. The summed E-state index contributed by atoms with van der Waals surface area (Å²) < 4.78 is 20.8. The Morgan fingerprint density at radius 3 is 2.95 bits per heavy atom. The number of hydrogen-bond acceptors (Lipinski definition) is 3. The molecule has 0 spiro atoms. The molecule has 1 aromatic carbocycles. The first-order chi connectivity index (χ1) is 9.52. The normalized spacial score (nSPS) is 12.4. The van der Waals surface area contributed by atoms with Crippen LogP contribution in [0.5, 0.6) is 0 Å². The second-order valence-corrected chi connectivity index (χ2v) is 5.59. The van der Waals surface area contributed by atoms with Gasteiger partial charge in [-0.2, -0.15) is 0 Å². The molecule has 0 aliphatic carbocycles. The summed E-state index contributed by atoms with van der Waals surface area (Å²) in [5.41, 5.74) is 0.574. The Morgan fingerprint density at radius 1 is 1.55 bits per heavy atom. The number of benzene rings is 1. The van der Waals surface area contributed by atoms with Crippen molar-refractivity contribution in [3.8, 4) is 0 Å². The summed E-state index contributed by atoms with van der Waals surface area (Å²) in [6, 6.07) is 2.71. The maximum Gasteiger partial charge on any atom is 0.207 e. The summed E-state index contributed by atoms with van der Waals surface area (Å²) in [5.74, 6) is 0.215. The molecule has 0 amide bonds. The Bertz CT molecular complexity index is 582. The second kappa shape index (κ2) is 6.56. The van der Waals surface area contributed by atoms with Gasteiger partial charge in [-0.25, -0.2) is 9.37 Å². The molecular formula is C13H14BrClFN3O. The molecule has 0 bridgehead atoms. The van der Waals surface area contributed by atoms with Gasteiger partial charge in [0.2, 0.25) is 5.95 Å². The minimum absolute atomic E-state index is 0.114. The van der Waals surface area contributed by atoms with Crippen molar-refractivity contribution in [3.05, 3.63) is 39.8 Å². The first kappa shape index (κ1) is 15.3. The lowest BCUT2D eigenvalue weighted by molar-refractivity contribution is 0.163. The molecule has 1 heterocycles. The van der Waals surface area contributed by atoms with Crippen molar-refractivity contribution >= 4 is 39.2 Å². The highest BCUT2D eigenvalue weighted by atomic mass is 79.9. The summed E-state index contributed by atoms with van der Waals surface area (Å²) in [6.45, 7) is 2.57. The summed E-state index contributed by atoms with van der Waals surface area (Å²) in [6.07, 6.45) is 3.52. The van der Waals surface area contributed by atoms with Crippen molar-refractivity contribution in [1.82, 2.24) is 9.55 Å². The molecule has 108 valence electrons. The summed E-state index contributed by atoms with van der Waals surface area (Å²) >= 11 is 9.34. The van der Waals surface area contributed by atoms with Gasteiger partial charge in [-0.1, -0.05) is 11.6 Å². The molecule has 20 heavy (non-hydrogen) atoms. The van der Waals surface area contributed by atoms with E-state index in [1.54, 1.807) is 13.3 Å². The van der Waals surface area contributed by atoms with Crippen LogP contribution in [0.4, 0.5) is 16.0 Å². The fraction of sp³-hybridized carbons (Fsp3) is 0.308. The fourth-order valence-electron chi connectivity index (χ4n) is 1.86. The van der Waals surface area contributed by atoms with Gasteiger partial charge in [0.05, 0.1) is 23.4 Å². The van der Waals surface area contributed by atoms with Gasteiger partial charge >= 0.3 is 0 Å². The van der Waals surface area contributed by atoms with Crippen LogP contribution < -0.4 is 5.32 Å². The number of nitrogens with one attached hydrogen (secondary N) is 1. The van der Waals surface area contributed by atoms with E-state index >= 15 is 0 Å². The van der Waals surface area contributed by atoms with Crippen LogP contribution in [0.25, 0.3) is 0 Å².